The fourth-order valence-corrected chi connectivity index (χ4v) is 2.46. The summed E-state index contributed by atoms with van der Waals surface area (Å²) in [5.41, 5.74) is 0. The van der Waals surface area contributed by atoms with Crippen LogP contribution in [0.15, 0.2) is 17.3 Å². The number of allylic oxidation sites excluding steroid dienone is 1. The van der Waals surface area contributed by atoms with E-state index in [-0.39, 0.29) is 18.7 Å². The van der Waals surface area contributed by atoms with E-state index in [2.05, 4.69) is 13.4 Å². The molecule has 9 heteroatoms. The fourth-order valence-electron chi connectivity index (χ4n) is 2.17. The average Bonchev–Trinajstić information content (AvgIpc) is 2.93. The van der Waals surface area contributed by atoms with E-state index in [1.54, 1.807) is 0 Å². The van der Waals surface area contributed by atoms with Crippen molar-refractivity contribution in [2.45, 2.75) is 39.2 Å². The number of carbonyl (C=O) groups is 1. The van der Waals surface area contributed by atoms with Crippen molar-refractivity contribution in [3.63, 3.8) is 0 Å². The molecule has 0 radical (unpaired) electrons. The molecule has 0 saturated carbocycles. The molecule has 0 aromatic rings. The summed E-state index contributed by atoms with van der Waals surface area (Å²) < 4.78 is 30.6. The number of hydrogen-bond donors (Lipinski definition) is 0. The third-order valence-corrected chi connectivity index (χ3v) is 4.31. The minimum atomic E-state index is -3.97. The summed E-state index contributed by atoms with van der Waals surface area (Å²) in [6.45, 7) is 5.08. The lowest BCUT2D eigenvalue weighted by Gasteiger charge is -2.25. The highest BCUT2D eigenvalue weighted by Gasteiger charge is 2.20. The molecule has 0 aromatic carbocycles. The van der Waals surface area contributed by atoms with Crippen LogP contribution in [0.25, 0.3) is 0 Å². The first kappa shape index (κ1) is 19.6. The van der Waals surface area contributed by atoms with Crippen molar-refractivity contribution >= 4 is 22.6 Å². The highest BCUT2D eigenvalue weighted by atomic mass is 32.3. The third kappa shape index (κ3) is 7.10. The summed E-state index contributed by atoms with van der Waals surface area (Å²) in [6, 6.07) is 0.113. The Labute approximate surface area is 138 Å². The Morgan fingerprint density at radius 2 is 2.22 bits per heavy atom. The number of amides is 1. The van der Waals surface area contributed by atoms with Gasteiger partial charge in [-0.05, 0) is 26.7 Å². The molecule has 1 rings (SSSR count). The van der Waals surface area contributed by atoms with E-state index < -0.39 is 10.4 Å². The minimum Gasteiger partial charge on any atom is -0.343 e. The molecule has 1 unspecified atom stereocenters. The van der Waals surface area contributed by atoms with Gasteiger partial charge in [0.2, 0.25) is 5.91 Å². The third-order valence-electron chi connectivity index (χ3n) is 3.51. The van der Waals surface area contributed by atoms with Crippen molar-refractivity contribution in [2.75, 3.05) is 26.9 Å². The predicted octanol–water partition coefficient (Wildman–Crippen LogP) is 1.12. The number of aliphatic imine (C=N–C) groups is 1. The molecule has 1 heterocycles. The van der Waals surface area contributed by atoms with Gasteiger partial charge in [0.1, 0.15) is 0 Å². The molecular weight excluding hydrogens is 322 g/mol. The van der Waals surface area contributed by atoms with E-state index in [4.69, 9.17) is 0 Å². The molecule has 0 bridgehead atoms. The van der Waals surface area contributed by atoms with Crippen LogP contribution >= 0.6 is 0 Å². The number of carbonyl (C=O) groups excluding carboxylic acids is 1. The monoisotopic (exact) mass is 347 g/mol. The molecule has 1 aliphatic rings. The molecule has 8 nitrogen and oxygen atoms in total. The summed E-state index contributed by atoms with van der Waals surface area (Å²) in [5.74, 6) is 0.210. The summed E-state index contributed by atoms with van der Waals surface area (Å²) in [4.78, 5) is 19.3. The summed E-state index contributed by atoms with van der Waals surface area (Å²) in [5, 5.41) is 0. The second-order valence-electron chi connectivity index (χ2n) is 5.17. The van der Waals surface area contributed by atoms with E-state index in [0.29, 0.717) is 13.0 Å². The second kappa shape index (κ2) is 9.64. The lowest BCUT2D eigenvalue weighted by Crippen LogP contribution is -2.33. The Hall–Kier alpha value is -1.45. The normalized spacial score (nSPS) is 17.5. The Bertz CT molecular complexity index is 533. The van der Waals surface area contributed by atoms with Gasteiger partial charge in [0.05, 0.1) is 13.4 Å². The number of hydrogen-bond acceptors (Lipinski definition) is 6. The minimum absolute atomic E-state index is 0.113. The summed E-state index contributed by atoms with van der Waals surface area (Å²) in [6.07, 6.45) is 7.57. The lowest BCUT2D eigenvalue weighted by atomic mass is 10.2. The highest BCUT2D eigenvalue weighted by molar-refractivity contribution is 7.81. The van der Waals surface area contributed by atoms with Gasteiger partial charge in [-0.15, -0.1) is 0 Å². The maximum absolute atomic E-state index is 11.6. The number of nitrogens with zero attached hydrogens (tertiary/aromatic N) is 3. The van der Waals surface area contributed by atoms with Crippen LogP contribution < -0.4 is 0 Å². The Kier molecular flexibility index (Phi) is 8.21. The number of rotatable bonds is 10. The van der Waals surface area contributed by atoms with E-state index in [1.807, 2.05) is 35.9 Å². The number of likely N-dealkylation sites (tertiary alicyclic amines) is 1. The fraction of sp³-hybridized carbons (Fsp3) is 0.714. The molecule has 132 valence electrons. The topological polar surface area (TPSA) is 88.5 Å². The largest absolute Gasteiger partial charge is 0.401 e. The first-order chi connectivity index (χ1) is 10.9. The lowest BCUT2D eigenvalue weighted by molar-refractivity contribution is -0.127. The summed E-state index contributed by atoms with van der Waals surface area (Å²) in [7, 11) is -2.95. The van der Waals surface area contributed by atoms with E-state index in [1.165, 1.54) is 6.34 Å². The predicted molar refractivity (Wildman–Crippen MR) is 86.9 cm³/mol. The molecule has 1 atom stereocenters. The molecule has 1 saturated heterocycles. The first-order valence-electron chi connectivity index (χ1n) is 7.52. The molecular formula is C14H25N3O5S. The van der Waals surface area contributed by atoms with Crippen molar-refractivity contribution < 1.29 is 21.6 Å². The zero-order chi connectivity index (χ0) is 17.3. The molecule has 1 amide bonds. The van der Waals surface area contributed by atoms with Gasteiger partial charge in [-0.1, -0.05) is 6.08 Å². The van der Waals surface area contributed by atoms with Crippen molar-refractivity contribution in [1.29, 1.82) is 0 Å². The maximum atomic E-state index is 11.6. The van der Waals surface area contributed by atoms with Crippen molar-refractivity contribution in [2.24, 2.45) is 4.99 Å². The van der Waals surface area contributed by atoms with Gasteiger partial charge in [-0.25, -0.2) is 9.18 Å². The van der Waals surface area contributed by atoms with Crippen LogP contribution in [0.4, 0.5) is 0 Å². The van der Waals surface area contributed by atoms with Crippen molar-refractivity contribution in [3.05, 3.63) is 12.3 Å². The zero-order valence-corrected chi connectivity index (χ0v) is 14.7. The van der Waals surface area contributed by atoms with Crippen molar-refractivity contribution in [1.82, 2.24) is 9.80 Å². The Morgan fingerprint density at radius 1 is 1.48 bits per heavy atom. The molecule has 23 heavy (non-hydrogen) atoms. The first-order valence-corrected chi connectivity index (χ1v) is 8.86. The SMILES string of the molecule is CC=CN(C=NCOS(=O)(=O)OC)C(C)CCN1CCCC1=O. The maximum Gasteiger partial charge on any atom is 0.401 e. The highest BCUT2D eigenvalue weighted by Crippen LogP contribution is 2.12. The Balaban J connectivity index is 2.47. The van der Waals surface area contributed by atoms with Gasteiger partial charge in [0.25, 0.3) is 0 Å². The van der Waals surface area contributed by atoms with Crippen LogP contribution in [-0.2, 0) is 23.6 Å². The Morgan fingerprint density at radius 3 is 2.78 bits per heavy atom. The van der Waals surface area contributed by atoms with Gasteiger partial charge >= 0.3 is 10.4 Å². The van der Waals surface area contributed by atoms with Crippen LogP contribution in [0.3, 0.4) is 0 Å². The van der Waals surface area contributed by atoms with Crippen LogP contribution in [0.2, 0.25) is 0 Å². The quantitative estimate of drug-likeness (QED) is 0.435. The average molecular weight is 347 g/mol. The molecule has 0 aromatic heterocycles. The standard InChI is InChI=1S/C14H25N3O5S/c1-4-8-17(11-15-12-22-23(19,20)21-3)13(2)7-10-16-9-5-6-14(16)18/h4,8,11,13H,5-7,9-10,12H2,1-3H3. The zero-order valence-electron chi connectivity index (χ0n) is 13.8. The van der Waals surface area contributed by atoms with E-state index >= 15 is 0 Å². The van der Waals surface area contributed by atoms with Gasteiger partial charge in [-0.3, -0.25) is 8.98 Å². The molecule has 0 aliphatic carbocycles. The molecule has 0 N–H and O–H groups in total. The van der Waals surface area contributed by atoms with Gasteiger partial charge in [0, 0.05) is 31.8 Å². The van der Waals surface area contributed by atoms with E-state index in [0.717, 1.165) is 26.5 Å². The summed E-state index contributed by atoms with van der Waals surface area (Å²) >= 11 is 0. The van der Waals surface area contributed by atoms with Gasteiger partial charge < -0.3 is 9.80 Å². The molecule has 0 spiro atoms. The molecule has 1 aliphatic heterocycles. The van der Waals surface area contributed by atoms with Crippen LogP contribution in [0.5, 0.6) is 0 Å². The van der Waals surface area contributed by atoms with Crippen LogP contribution in [0.1, 0.15) is 33.1 Å². The molecule has 1 fully saturated rings. The van der Waals surface area contributed by atoms with Crippen molar-refractivity contribution in [3.8, 4) is 0 Å². The van der Waals surface area contributed by atoms with Gasteiger partial charge in [-0.2, -0.15) is 8.42 Å². The van der Waals surface area contributed by atoms with Gasteiger partial charge in [0.15, 0.2) is 6.73 Å². The van der Waals surface area contributed by atoms with E-state index in [9.17, 15) is 13.2 Å². The van der Waals surface area contributed by atoms with Crippen LogP contribution in [-0.4, -0.2) is 63.4 Å². The second-order valence-corrected chi connectivity index (χ2v) is 6.56. The smallest absolute Gasteiger partial charge is 0.343 e. The van der Waals surface area contributed by atoms with Crippen LogP contribution in [0, 0.1) is 0 Å².